The highest BCUT2D eigenvalue weighted by molar-refractivity contribution is 9.10. The molecule has 1 aromatic carbocycles. The van der Waals surface area contributed by atoms with Crippen molar-refractivity contribution in [1.29, 1.82) is 0 Å². The van der Waals surface area contributed by atoms with Crippen molar-refractivity contribution in [1.82, 2.24) is 10.2 Å². The number of piperidine rings is 2. The van der Waals surface area contributed by atoms with Crippen LogP contribution in [0.4, 0.5) is 5.69 Å². The van der Waals surface area contributed by atoms with Gasteiger partial charge in [-0.3, -0.25) is 0 Å². The van der Waals surface area contributed by atoms with Crippen molar-refractivity contribution >= 4 is 21.6 Å². The fourth-order valence-corrected chi connectivity index (χ4v) is 4.04. The van der Waals surface area contributed by atoms with Gasteiger partial charge in [-0.25, -0.2) is 0 Å². The van der Waals surface area contributed by atoms with E-state index >= 15 is 0 Å². The zero-order chi connectivity index (χ0) is 13.4. The lowest BCUT2D eigenvalue weighted by Gasteiger charge is -2.50. The van der Waals surface area contributed by atoms with Crippen molar-refractivity contribution in [2.45, 2.75) is 6.04 Å². The fourth-order valence-electron chi connectivity index (χ4n) is 3.77. The van der Waals surface area contributed by atoms with Crippen LogP contribution in [0.2, 0.25) is 0 Å². The van der Waals surface area contributed by atoms with E-state index in [4.69, 9.17) is 0 Å². The molecule has 3 nitrogen and oxygen atoms in total. The molecule has 3 rings (SSSR count). The largest absolute Gasteiger partial charge is 0.371 e. The smallest absolute Gasteiger partial charge is 0.0367 e. The molecule has 2 heterocycles. The van der Waals surface area contributed by atoms with Gasteiger partial charge in [0, 0.05) is 54.2 Å². The molecule has 1 aromatic rings. The first-order valence-electron chi connectivity index (χ1n) is 7.03. The van der Waals surface area contributed by atoms with Gasteiger partial charge in [0.2, 0.25) is 0 Å². The second kappa shape index (κ2) is 5.43. The molecule has 0 aliphatic carbocycles. The van der Waals surface area contributed by atoms with Crippen molar-refractivity contribution < 1.29 is 0 Å². The first-order chi connectivity index (χ1) is 9.15. The Morgan fingerprint density at radius 2 is 1.68 bits per heavy atom. The van der Waals surface area contributed by atoms with Gasteiger partial charge in [0.15, 0.2) is 0 Å². The van der Waals surface area contributed by atoms with E-state index in [0.29, 0.717) is 0 Å². The molecule has 19 heavy (non-hydrogen) atoms. The molecule has 2 unspecified atom stereocenters. The van der Waals surface area contributed by atoms with E-state index in [1.807, 2.05) is 0 Å². The molecule has 0 spiro atoms. The monoisotopic (exact) mass is 323 g/mol. The molecule has 104 valence electrons. The summed E-state index contributed by atoms with van der Waals surface area (Å²) in [7, 11) is 4.45. The van der Waals surface area contributed by atoms with Gasteiger partial charge in [0.25, 0.3) is 0 Å². The highest BCUT2D eigenvalue weighted by atomic mass is 79.9. The average molecular weight is 324 g/mol. The van der Waals surface area contributed by atoms with Crippen molar-refractivity contribution in [2.24, 2.45) is 11.8 Å². The molecule has 4 heteroatoms. The number of anilines is 1. The number of hydrogen-bond donors (Lipinski definition) is 1. The van der Waals surface area contributed by atoms with Crippen LogP contribution in [0.1, 0.15) is 0 Å². The van der Waals surface area contributed by atoms with E-state index < -0.39 is 0 Å². The zero-order valence-electron chi connectivity index (χ0n) is 11.6. The van der Waals surface area contributed by atoms with E-state index in [2.05, 4.69) is 69.4 Å². The number of fused-ring (bicyclic) bond motifs is 2. The van der Waals surface area contributed by atoms with Gasteiger partial charge in [-0.15, -0.1) is 0 Å². The molecule has 2 bridgehead atoms. The maximum absolute atomic E-state index is 3.59. The van der Waals surface area contributed by atoms with Crippen LogP contribution in [-0.4, -0.2) is 51.2 Å². The third-order valence-electron chi connectivity index (χ3n) is 4.48. The minimum atomic E-state index is 0.728. The number of nitrogens with zero attached hydrogens (tertiary/aromatic N) is 2. The van der Waals surface area contributed by atoms with Crippen LogP contribution in [0.5, 0.6) is 0 Å². The molecular formula is C15H22BrN3. The quantitative estimate of drug-likeness (QED) is 0.898. The molecule has 0 saturated carbocycles. The highest BCUT2D eigenvalue weighted by Crippen LogP contribution is 2.31. The van der Waals surface area contributed by atoms with Gasteiger partial charge in [-0.05, 0) is 38.4 Å². The molecular weight excluding hydrogens is 302 g/mol. The standard InChI is InChI=1S/C15H22BrN3/c1-18(2)15-11-7-17-8-12(15)10-19(9-11)14-5-3-13(16)4-6-14/h3-6,11-12,15,17H,7-10H2,1-2H3. The van der Waals surface area contributed by atoms with Crippen molar-refractivity contribution in [2.75, 3.05) is 45.2 Å². The Kier molecular flexibility index (Phi) is 3.83. The number of halogens is 1. The third-order valence-corrected chi connectivity index (χ3v) is 5.01. The summed E-state index contributed by atoms with van der Waals surface area (Å²) in [5.74, 6) is 1.46. The van der Waals surface area contributed by atoms with Gasteiger partial charge in [-0.2, -0.15) is 0 Å². The second-order valence-corrected chi connectivity index (χ2v) is 6.93. The number of nitrogens with one attached hydrogen (secondary N) is 1. The topological polar surface area (TPSA) is 18.5 Å². The van der Waals surface area contributed by atoms with Crippen LogP contribution in [-0.2, 0) is 0 Å². The van der Waals surface area contributed by atoms with Gasteiger partial charge < -0.3 is 15.1 Å². The van der Waals surface area contributed by atoms with Crippen LogP contribution in [0, 0.1) is 11.8 Å². The number of hydrogen-bond acceptors (Lipinski definition) is 3. The number of benzene rings is 1. The van der Waals surface area contributed by atoms with Gasteiger partial charge >= 0.3 is 0 Å². The van der Waals surface area contributed by atoms with Crippen molar-refractivity contribution in [3.05, 3.63) is 28.7 Å². The third kappa shape index (κ3) is 2.67. The summed E-state index contributed by atoms with van der Waals surface area (Å²) in [6, 6.07) is 9.46. The van der Waals surface area contributed by atoms with Crippen LogP contribution >= 0.6 is 15.9 Å². The van der Waals surface area contributed by atoms with Gasteiger partial charge in [0.05, 0.1) is 0 Å². The maximum Gasteiger partial charge on any atom is 0.0367 e. The summed E-state index contributed by atoms with van der Waals surface area (Å²) in [6.45, 7) is 4.61. The summed E-state index contributed by atoms with van der Waals surface area (Å²) in [4.78, 5) is 4.98. The SMILES string of the molecule is CN(C)C1C2CNCC1CN(c1ccc(Br)cc1)C2. The predicted molar refractivity (Wildman–Crippen MR) is 83.7 cm³/mol. The highest BCUT2D eigenvalue weighted by Gasteiger charge is 2.40. The van der Waals surface area contributed by atoms with Crippen LogP contribution in [0.3, 0.4) is 0 Å². The average Bonchev–Trinajstić information content (AvgIpc) is 2.37. The lowest BCUT2D eigenvalue weighted by atomic mass is 9.79. The first kappa shape index (κ1) is 13.4. The Hall–Kier alpha value is -0.580. The number of rotatable bonds is 2. The van der Waals surface area contributed by atoms with Crippen LogP contribution < -0.4 is 10.2 Å². The van der Waals surface area contributed by atoms with Crippen molar-refractivity contribution in [3.63, 3.8) is 0 Å². The van der Waals surface area contributed by atoms with E-state index in [9.17, 15) is 0 Å². The van der Waals surface area contributed by atoms with E-state index in [0.717, 1.165) is 48.5 Å². The van der Waals surface area contributed by atoms with Gasteiger partial charge in [-0.1, -0.05) is 15.9 Å². The molecule has 1 N–H and O–H groups in total. The summed E-state index contributed by atoms with van der Waals surface area (Å²) in [5, 5.41) is 3.59. The molecule has 2 aliphatic heterocycles. The second-order valence-electron chi connectivity index (χ2n) is 6.01. The molecule has 2 atom stereocenters. The van der Waals surface area contributed by atoms with Crippen LogP contribution in [0.25, 0.3) is 0 Å². The predicted octanol–water partition coefficient (Wildman–Crippen LogP) is 2.03. The van der Waals surface area contributed by atoms with E-state index in [1.165, 1.54) is 5.69 Å². The Balaban J connectivity index is 1.79. The Labute approximate surface area is 124 Å². The normalized spacial score (nSPS) is 30.7. The van der Waals surface area contributed by atoms with E-state index in [1.54, 1.807) is 0 Å². The zero-order valence-corrected chi connectivity index (χ0v) is 13.2. The van der Waals surface area contributed by atoms with Gasteiger partial charge in [0.1, 0.15) is 0 Å². The lowest BCUT2D eigenvalue weighted by Crippen LogP contribution is -2.63. The minimum absolute atomic E-state index is 0.728. The fraction of sp³-hybridized carbons (Fsp3) is 0.600. The molecule has 0 radical (unpaired) electrons. The molecule has 2 fully saturated rings. The Bertz CT molecular complexity index is 418. The summed E-state index contributed by atoms with van der Waals surface area (Å²) < 4.78 is 1.15. The van der Waals surface area contributed by atoms with E-state index in [-0.39, 0.29) is 0 Å². The van der Waals surface area contributed by atoms with Crippen molar-refractivity contribution in [3.8, 4) is 0 Å². The molecule has 0 amide bonds. The molecule has 2 aliphatic rings. The summed E-state index contributed by atoms with van der Waals surface area (Å²) >= 11 is 3.51. The maximum atomic E-state index is 3.59. The summed E-state index contributed by atoms with van der Waals surface area (Å²) in [5.41, 5.74) is 1.36. The lowest BCUT2D eigenvalue weighted by molar-refractivity contribution is 0.0896. The Morgan fingerprint density at radius 1 is 1.11 bits per heavy atom. The molecule has 2 saturated heterocycles. The summed E-state index contributed by atoms with van der Waals surface area (Å²) in [6.07, 6.45) is 0. The minimum Gasteiger partial charge on any atom is -0.371 e. The van der Waals surface area contributed by atoms with Crippen LogP contribution in [0.15, 0.2) is 28.7 Å². The molecule has 0 aromatic heterocycles. The first-order valence-corrected chi connectivity index (χ1v) is 7.82. The Morgan fingerprint density at radius 3 is 2.21 bits per heavy atom.